The summed E-state index contributed by atoms with van der Waals surface area (Å²) in [6.45, 7) is -2.88. The van der Waals surface area contributed by atoms with Gasteiger partial charge in [-0.3, -0.25) is 10.1 Å². The van der Waals surface area contributed by atoms with Crippen LogP contribution in [0.15, 0.2) is 16.6 Å². The summed E-state index contributed by atoms with van der Waals surface area (Å²) in [5, 5.41) is 5.33. The first-order valence-corrected chi connectivity index (χ1v) is 6.49. The Morgan fingerprint density at radius 2 is 2.25 bits per heavy atom. The molecule has 0 aliphatic carbocycles. The van der Waals surface area contributed by atoms with Gasteiger partial charge in [0.05, 0.1) is 23.2 Å². The van der Waals surface area contributed by atoms with Crippen molar-refractivity contribution in [3.8, 4) is 18.1 Å². The number of carbonyl (C=O) groups excluding carboxylic acids is 1. The SMILES string of the molecule is C#CCNCC(=O)Nc1cc(Cl)cc(Br)c1OC(F)F. The number of alkyl halides is 2. The predicted molar refractivity (Wildman–Crippen MR) is 76.1 cm³/mol. The maximum absolute atomic E-state index is 12.3. The minimum absolute atomic E-state index is 0.0391. The van der Waals surface area contributed by atoms with E-state index in [1.54, 1.807) is 0 Å². The van der Waals surface area contributed by atoms with E-state index >= 15 is 0 Å². The van der Waals surface area contributed by atoms with Crippen molar-refractivity contribution in [2.45, 2.75) is 6.61 Å². The summed E-state index contributed by atoms with van der Waals surface area (Å²) in [7, 11) is 0. The van der Waals surface area contributed by atoms with Crippen molar-refractivity contribution in [1.29, 1.82) is 0 Å². The average molecular weight is 368 g/mol. The number of hydrogen-bond donors (Lipinski definition) is 2. The van der Waals surface area contributed by atoms with Crippen molar-refractivity contribution >= 4 is 39.1 Å². The molecule has 0 radical (unpaired) electrons. The van der Waals surface area contributed by atoms with Gasteiger partial charge < -0.3 is 10.1 Å². The number of anilines is 1. The third kappa shape index (κ3) is 5.33. The smallest absolute Gasteiger partial charge is 0.387 e. The molecular formula is C12H10BrClF2N2O2. The van der Waals surface area contributed by atoms with Crippen LogP contribution in [-0.4, -0.2) is 25.6 Å². The third-order valence-electron chi connectivity index (χ3n) is 2.00. The number of rotatable bonds is 6. The summed E-state index contributed by atoms with van der Waals surface area (Å²) < 4.78 is 29.2. The van der Waals surface area contributed by atoms with E-state index in [0.717, 1.165) is 0 Å². The van der Waals surface area contributed by atoms with Crippen LogP contribution in [0.3, 0.4) is 0 Å². The zero-order chi connectivity index (χ0) is 15.1. The largest absolute Gasteiger partial charge is 0.431 e. The first-order chi connectivity index (χ1) is 9.43. The maximum atomic E-state index is 12.3. The molecule has 108 valence electrons. The molecular weight excluding hydrogens is 357 g/mol. The van der Waals surface area contributed by atoms with Crippen LogP contribution in [0.1, 0.15) is 0 Å². The van der Waals surface area contributed by atoms with E-state index in [2.05, 4.69) is 37.2 Å². The second kappa shape index (κ2) is 8.04. The Kier molecular flexibility index (Phi) is 6.71. The predicted octanol–water partition coefficient (Wildman–Crippen LogP) is 2.87. The molecule has 0 aliphatic heterocycles. The fourth-order valence-electron chi connectivity index (χ4n) is 1.30. The number of halogens is 4. The minimum Gasteiger partial charge on any atom is -0.431 e. The van der Waals surface area contributed by atoms with Crippen LogP contribution >= 0.6 is 27.5 Å². The number of carbonyl (C=O) groups is 1. The van der Waals surface area contributed by atoms with Crippen molar-refractivity contribution in [2.24, 2.45) is 0 Å². The topological polar surface area (TPSA) is 50.4 Å². The molecule has 0 atom stereocenters. The van der Waals surface area contributed by atoms with Gasteiger partial charge in [-0.25, -0.2) is 0 Å². The summed E-state index contributed by atoms with van der Waals surface area (Å²) in [6.07, 6.45) is 5.01. The second-order valence-electron chi connectivity index (χ2n) is 3.50. The van der Waals surface area contributed by atoms with Gasteiger partial charge in [0.2, 0.25) is 5.91 Å². The van der Waals surface area contributed by atoms with Crippen molar-refractivity contribution < 1.29 is 18.3 Å². The monoisotopic (exact) mass is 366 g/mol. The van der Waals surface area contributed by atoms with E-state index in [-0.39, 0.29) is 34.0 Å². The first-order valence-electron chi connectivity index (χ1n) is 5.32. The summed E-state index contributed by atoms with van der Waals surface area (Å²) in [6, 6.07) is 2.69. The third-order valence-corrected chi connectivity index (χ3v) is 2.81. The van der Waals surface area contributed by atoms with Gasteiger partial charge in [0, 0.05) is 5.02 Å². The summed E-state index contributed by atoms with van der Waals surface area (Å²) in [4.78, 5) is 11.6. The fourth-order valence-corrected chi connectivity index (χ4v) is 2.21. The number of ether oxygens (including phenoxy) is 1. The number of benzene rings is 1. The molecule has 0 aromatic heterocycles. The van der Waals surface area contributed by atoms with Crippen LogP contribution in [0.25, 0.3) is 0 Å². The zero-order valence-corrected chi connectivity index (χ0v) is 12.4. The Balaban J connectivity index is 2.87. The molecule has 1 amide bonds. The van der Waals surface area contributed by atoms with Gasteiger partial charge in [-0.15, -0.1) is 6.42 Å². The van der Waals surface area contributed by atoms with Crippen molar-refractivity contribution in [2.75, 3.05) is 18.4 Å². The van der Waals surface area contributed by atoms with Gasteiger partial charge in [-0.05, 0) is 28.1 Å². The van der Waals surface area contributed by atoms with Gasteiger partial charge in [0.25, 0.3) is 0 Å². The molecule has 0 aliphatic rings. The Hall–Kier alpha value is -1.36. The highest BCUT2D eigenvalue weighted by Gasteiger charge is 2.16. The molecule has 0 unspecified atom stereocenters. The molecule has 2 N–H and O–H groups in total. The van der Waals surface area contributed by atoms with Crippen molar-refractivity contribution in [1.82, 2.24) is 5.32 Å². The van der Waals surface area contributed by atoms with Crippen molar-refractivity contribution in [3.05, 3.63) is 21.6 Å². The molecule has 1 rings (SSSR count). The molecule has 8 heteroatoms. The standard InChI is InChI=1S/C12H10BrClF2N2O2/c1-2-3-17-6-10(19)18-9-5-7(14)4-8(13)11(9)20-12(15)16/h1,4-5,12,17H,3,6H2,(H,18,19). The van der Waals surface area contributed by atoms with E-state index in [1.165, 1.54) is 12.1 Å². The van der Waals surface area contributed by atoms with Gasteiger partial charge in [0.1, 0.15) is 0 Å². The van der Waals surface area contributed by atoms with Crippen LogP contribution in [-0.2, 0) is 4.79 Å². The van der Waals surface area contributed by atoms with E-state index in [0.29, 0.717) is 0 Å². The average Bonchev–Trinajstić information content (AvgIpc) is 2.33. The second-order valence-corrected chi connectivity index (χ2v) is 4.79. The molecule has 4 nitrogen and oxygen atoms in total. The normalized spacial score (nSPS) is 10.2. The highest BCUT2D eigenvalue weighted by Crippen LogP contribution is 2.37. The van der Waals surface area contributed by atoms with Crippen LogP contribution in [0, 0.1) is 12.3 Å². The lowest BCUT2D eigenvalue weighted by atomic mass is 10.3. The summed E-state index contributed by atoms with van der Waals surface area (Å²) >= 11 is 8.85. The van der Waals surface area contributed by atoms with Crippen LogP contribution in [0.5, 0.6) is 5.75 Å². The lowest BCUT2D eigenvalue weighted by Crippen LogP contribution is -2.28. The Labute approximate surface area is 127 Å². The van der Waals surface area contributed by atoms with Gasteiger partial charge in [0.15, 0.2) is 5.75 Å². The number of amides is 1. The van der Waals surface area contributed by atoms with Crippen LogP contribution in [0.4, 0.5) is 14.5 Å². The molecule has 0 heterocycles. The molecule has 0 saturated carbocycles. The molecule has 0 saturated heterocycles. The molecule has 0 spiro atoms. The lowest BCUT2D eigenvalue weighted by Gasteiger charge is -2.14. The number of terminal acetylenes is 1. The zero-order valence-electron chi connectivity index (χ0n) is 10.1. The van der Waals surface area contributed by atoms with Crippen LogP contribution in [0.2, 0.25) is 5.02 Å². The summed E-state index contributed by atoms with van der Waals surface area (Å²) in [5.41, 5.74) is 0.0391. The Morgan fingerprint density at radius 3 is 2.85 bits per heavy atom. The maximum Gasteiger partial charge on any atom is 0.387 e. The van der Waals surface area contributed by atoms with Gasteiger partial charge in [-0.1, -0.05) is 17.5 Å². The Bertz CT molecular complexity index is 535. The number of hydrogen-bond acceptors (Lipinski definition) is 3. The molecule has 1 aromatic rings. The highest BCUT2D eigenvalue weighted by molar-refractivity contribution is 9.10. The molecule has 0 fully saturated rings. The van der Waals surface area contributed by atoms with Gasteiger partial charge >= 0.3 is 6.61 Å². The van der Waals surface area contributed by atoms with E-state index in [9.17, 15) is 13.6 Å². The molecule has 1 aromatic carbocycles. The van der Waals surface area contributed by atoms with E-state index in [4.69, 9.17) is 18.0 Å². The van der Waals surface area contributed by atoms with E-state index in [1.807, 2.05) is 0 Å². The summed E-state index contributed by atoms with van der Waals surface area (Å²) in [5.74, 6) is 1.64. The Morgan fingerprint density at radius 1 is 1.55 bits per heavy atom. The molecule has 0 bridgehead atoms. The number of nitrogens with one attached hydrogen (secondary N) is 2. The van der Waals surface area contributed by atoms with Crippen LogP contribution < -0.4 is 15.4 Å². The van der Waals surface area contributed by atoms with Crippen molar-refractivity contribution in [3.63, 3.8) is 0 Å². The van der Waals surface area contributed by atoms with E-state index < -0.39 is 12.5 Å². The minimum atomic E-state index is -3.03. The fraction of sp³-hybridized carbons (Fsp3) is 0.250. The molecule has 20 heavy (non-hydrogen) atoms. The highest BCUT2D eigenvalue weighted by atomic mass is 79.9. The quantitative estimate of drug-likeness (QED) is 0.600. The lowest BCUT2D eigenvalue weighted by molar-refractivity contribution is -0.115. The first kappa shape index (κ1) is 16.7. The van der Waals surface area contributed by atoms with Gasteiger partial charge in [-0.2, -0.15) is 8.78 Å².